The topological polar surface area (TPSA) is 70.3 Å². The molecule has 0 saturated carbocycles. The van der Waals surface area contributed by atoms with Gasteiger partial charge in [0.15, 0.2) is 0 Å². The molecule has 0 atom stereocenters. The summed E-state index contributed by atoms with van der Waals surface area (Å²) in [6, 6.07) is 4.79. The van der Waals surface area contributed by atoms with Gasteiger partial charge in [-0.2, -0.15) is 5.26 Å². The summed E-state index contributed by atoms with van der Waals surface area (Å²) in [5, 5.41) is 18.4. The number of hydrogen-bond acceptors (Lipinski definition) is 4. The van der Waals surface area contributed by atoms with Gasteiger partial charge >= 0.3 is 5.97 Å². The van der Waals surface area contributed by atoms with Crippen LogP contribution in [0.1, 0.15) is 35.3 Å². The van der Waals surface area contributed by atoms with Crippen LogP contribution in [0.4, 0.5) is 0 Å². The lowest BCUT2D eigenvalue weighted by Gasteiger charge is -2.09. The van der Waals surface area contributed by atoms with Crippen LogP contribution >= 0.6 is 0 Å². The Labute approximate surface area is 94.1 Å². The van der Waals surface area contributed by atoms with E-state index in [9.17, 15) is 9.90 Å². The van der Waals surface area contributed by atoms with Gasteiger partial charge in [0.2, 0.25) is 0 Å². The summed E-state index contributed by atoms with van der Waals surface area (Å²) < 4.78 is 4.84. The zero-order valence-corrected chi connectivity index (χ0v) is 9.28. The summed E-state index contributed by atoms with van der Waals surface area (Å²) in [6.07, 6.45) is 0.553. The number of benzene rings is 1. The highest BCUT2D eigenvalue weighted by molar-refractivity contribution is 5.94. The van der Waals surface area contributed by atoms with Crippen LogP contribution in [0.3, 0.4) is 0 Å². The van der Waals surface area contributed by atoms with Crippen molar-refractivity contribution in [3.8, 4) is 11.8 Å². The normalized spacial score (nSPS) is 9.56. The second-order valence-corrected chi connectivity index (χ2v) is 3.22. The molecule has 0 saturated heterocycles. The fraction of sp³-hybridized carbons (Fsp3) is 0.333. The molecular formula is C12H13NO3. The molecule has 1 aromatic carbocycles. The summed E-state index contributed by atoms with van der Waals surface area (Å²) >= 11 is 0. The van der Waals surface area contributed by atoms with Crippen LogP contribution in [0.25, 0.3) is 0 Å². The van der Waals surface area contributed by atoms with Gasteiger partial charge in [-0.1, -0.05) is 6.92 Å². The molecule has 0 heterocycles. The lowest BCUT2D eigenvalue weighted by molar-refractivity contribution is 0.0522. The van der Waals surface area contributed by atoms with Crippen molar-refractivity contribution in [3.05, 3.63) is 28.8 Å². The number of aromatic hydroxyl groups is 1. The van der Waals surface area contributed by atoms with Crippen molar-refractivity contribution in [1.29, 1.82) is 5.26 Å². The van der Waals surface area contributed by atoms with E-state index in [0.29, 0.717) is 17.5 Å². The predicted molar refractivity (Wildman–Crippen MR) is 58.2 cm³/mol. The molecule has 16 heavy (non-hydrogen) atoms. The fourth-order valence-electron chi connectivity index (χ4n) is 1.47. The smallest absolute Gasteiger partial charge is 0.342 e. The van der Waals surface area contributed by atoms with Gasteiger partial charge in [-0.3, -0.25) is 0 Å². The molecular weight excluding hydrogens is 206 g/mol. The first-order valence-corrected chi connectivity index (χ1v) is 5.07. The average molecular weight is 219 g/mol. The molecule has 0 aliphatic heterocycles. The molecule has 4 nitrogen and oxygen atoms in total. The van der Waals surface area contributed by atoms with Crippen LogP contribution in [0.2, 0.25) is 0 Å². The quantitative estimate of drug-likeness (QED) is 0.789. The van der Waals surface area contributed by atoms with Crippen molar-refractivity contribution in [1.82, 2.24) is 0 Å². The number of carbonyl (C=O) groups excluding carboxylic acids is 1. The Hall–Kier alpha value is -2.02. The van der Waals surface area contributed by atoms with Crippen LogP contribution in [-0.4, -0.2) is 17.7 Å². The molecule has 1 aromatic rings. The predicted octanol–water partition coefficient (Wildman–Crippen LogP) is 2.00. The maximum absolute atomic E-state index is 11.6. The van der Waals surface area contributed by atoms with E-state index < -0.39 is 5.97 Å². The van der Waals surface area contributed by atoms with Crippen LogP contribution in [-0.2, 0) is 11.2 Å². The Balaban J connectivity index is 3.28. The maximum atomic E-state index is 11.6. The number of esters is 1. The van der Waals surface area contributed by atoms with Gasteiger partial charge in [-0.05, 0) is 31.0 Å². The third-order valence-electron chi connectivity index (χ3n) is 2.19. The highest BCUT2D eigenvalue weighted by Crippen LogP contribution is 2.24. The number of phenols is 1. The summed E-state index contributed by atoms with van der Waals surface area (Å²) in [5.41, 5.74) is 1.11. The van der Waals surface area contributed by atoms with Crippen LogP contribution in [0.15, 0.2) is 12.1 Å². The maximum Gasteiger partial charge on any atom is 0.342 e. The molecule has 4 heteroatoms. The SMILES string of the molecule is CCOC(=O)c1c(O)cc(C#N)cc1CC. The number of rotatable bonds is 3. The first-order chi connectivity index (χ1) is 7.63. The molecule has 84 valence electrons. The zero-order valence-electron chi connectivity index (χ0n) is 9.28. The van der Waals surface area contributed by atoms with Crippen molar-refractivity contribution in [2.45, 2.75) is 20.3 Å². The minimum atomic E-state index is -0.554. The minimum Gasteiger partial charge on any atom is -0.507 e. The van der Waals surface area contributed by atoms with Gasteiger partial charge < -0.3 is 9.84 Å². The van der Waals surface area contributed by atoms with E-state index in [1.807, 2.05) is 13.0 Å². The lowest BCUT2D eigenvalue weighted by atomic mass is 10.0. The Morgan fingerprint density at radius 1 is 1.50 bits per heavy atom. The second kappa shape index (κ2) is 5.17. The van der Waals surface area contributed by atoms with Crippen LogP contribution in [0, 0.1) is 11.3 Å². The van der Waals surface area contributed by atoms with Crippen LogP contribution in [0.5, 0.6) is 5.75 Å². The second-order valence-electron chi connectivity index (χ2n) is 3.22. The number of aryl methyl sites for hydroxylation is 1. The Morgan fingerprint density at radius 2 is 2.19 bits per heavy atom. The third-order valence-corrected chi connectivity index (χ3v) is 2.19. The molecule has 1 N–H and O–H groups in total. The van der Waals surface area contributed by atoms with Gasteiger partial charge in [0.1, 0.15) is 11.3 Å². The highest BCUT2D eigenvalue weighted by atomic mass is 16.5. The van der Waals surface area contributed by atoms with Crippen molar-refractivity contribution in [3.63, 3.8) is 0 Å². The van der Waals surface area contributed by atoms with E-state index in [2.05, 4.69) is 0 Å². The average Bonchev–Trinajstić information content (AvgIpc) is 2.27. The van der Waals surface area contributed by atoms with E-state index >= 15 is 0 Å². The van der Waals surface area contributed by atoms with E-state index in [0.717, 1.165) is 0 Å². The Kier molecular flexibility index (Phi) is 3.90. The number of carbonyl (C=O) groups is 1. The van der Waals surface area contributed by atoms with Gasteiger partial charge in [0, 0.05) is 0 Å². The Morgan fingerprint density at radius 3 is 2.69 bits per heavy atom. The summed E-state index contributed by atoms with van der Waals surface area (Å²) in [4.78, 5) is 11.6. The number of nitriles is 1. The summed E-state index contributed by atoms with van der Waals surface area (Å²) in [6.45, 7) is 3.80. The first-order valence-electron chi connectivity index (χ1n) is 5.07. The van der Waals surface area contributed by atoms with E-state index in [1.54, 1.807) is 13.0 Å². The molecule has 0 spiro atoms. The molecule has 0 bridgehead atoms. The number of ether oxygens (including phenoxy) is 1. The first kappa shape index (κ1) is 12.1. The fourth-order valence-corrected chi connectivity index (χ4v) is 1.47. The molecule has 0 aliphatic carbocycles. The van der Waals surface area contributed by atoms with Crippen molar-refractivity contribution in [2.75, 3.05) is 6.61 Å². The molecule has 0 aliphatic rings. The third kappa shape index (κ3) is 2.31. The van der Waals surface area contributed by atoms with E-state index in [1.165, 1.54) is 6.07 Å². The largest absolute Gasteiger partial charge is 0.507 e. The van der Waals surface area contributed by atoms with Gasteiger partial charge in [-0.15, -0.1) is 0 Å². The van der Waals surface area contributed by atoms with E-state index in [4.69, 9.17) is 10.00 Å². The zero-order chi connectivity index (χ0) is 12.1. The monoisotopic (exact) mass is 219 g/mol. The number of nitrogens with zero attached hydrogens (tertiary/aromatic N) is 1. The van der Waals surface area contributed by atoms with Crippen molar-refractivity contribution < 1.29 is 14.6 Å². The van der Waals surface area contributed by atoms with Crippen LogP contribution < -0.4 is 0 Å². The summed E-state index contributed by atoms with van der Waals surface area (Å²) in [7, 11) is 0. The lowest BCUT2D eigenvalue weighted by Crippen LogP contribution is -2.08. The minimum absolute atomic E-state index is 0.156. The molecule has 0 radical (unpaired) electrons. The molecule has 0 fully saturated rings. The number of hydrogen-bond donors (Lipinski definition) is 1. The van der Waals surface area contributed by atoms with Gasteiger partial charge in [0.25, 0.3) is 0 Å². The number of phenolic OH excluding ortho intramolecular Hbond substituents is 1. The molecule has 1 rings (SSSR count). The van der Waals surface area contributed by atoms with Crippen molar-refractivity contribution >= 4 is 5.97 Å². The van der Waals surface area contributed by atoms with Gasteiger partial charge in [0.05, 0.1) is 18.2 Å². The van der Waals surface area contributed by atoms with E-state index in [-0.39, 0.29) is 17.9 Å². The molecule has 0 aromatic heterocycles. The highest BCUT2D eigenvalue weighted by Gasteiger charge is 2.17. The molecule has 0 amide bonds. The molecule has 0 unspecified atom stereocenters. The summed E-state index contributed by atoms with van der Waals surface area (Å²) in [5.74, 6) is -0.754. The van der Waals surface area contributed by atoms with Gasteiger partial charge in [-0.25, -0.2) is 4.79 Å². The Bertz CT molecular complexity index is 446. The van der Waals surface area contributed by atoms with Crippen molar-refractivity contribution in [2.24, 2.45) is 0 Å². The standard InChI is InChI=1S/C12H13NO3/c1-3-9-5-8(7-13)6-10(14)11(9)12(15)16-4-2/h5-6,14H,3-4H2,1-2H3.